The highest BCUT2D eigenvalue weighted by Gasteiger charge is 2.19. The van der Waals surface area contributed by atoms with Crippen LogP contribution in [-0.2, 0) is 13.6 Å². The molecule has 1 aliphatic rings. The molecular formula is C14H19N3OS. The molecule has 1 aromatic heterocycles. The van der Waals surface area contributed by atoms with Crippen LogP contribution < -0.4 is 10.2 Å². The number of thiazole rings is 1. The lowest BCUT2D eigenvalue weighted by molar-refractivity contribution is 0.249. The Morgan fingerprint density at radius 1 is 1.53 bits per heavy atom. The number of aromatic nitrogens is 1. The maximum atomic E-state index is 11.6. The van der Waals surface area contributed by atoms with Gasteiger partial charge in [-0.05, 0) is 37.7 Å². The first kappa shape index (κ1) is 12.8. The van der Waals surface area contributed by atoms with Crippen LogP contribution in [0.2, 0.25) is 0 Å². The van der Waals surface area contributed by atoms with Crippen molar-refractivity contribution in [1.29, 1.82) is 0 Å². The monoisotopic (exact) mass is 277 g/mol. The van der Waals surface area contributed by atoms with Crippen molar-refractivity contribution in [2.45, 2.75) is 19.0 Å². The molecule has 19 heavy (non-hydrogen) atoms. The highest BCUT2D eigenvalue weighted by molar-refractivity contribution is 7.16. The summed E-state index contributed by atoms with van der Waals surface area (Å²) in [6.45, 7) is 3.14. The van der Waals surface area contributed by atoms with E-state index in [0.717, 1.165) is 29.9 Å². The lowest BCUT2D eigenvalue weighted by Crippen LogP contribution is -2.32. The molecule has 1 aromatic carbocycles. The van der Waals surface area contributed by atoms with Crippen LogP contribution in [0.5, 0.6) is 0 Å². The van der Waals surface area contributed by atoms with E-state index in [1.807, 2.05) is 7.05 Å². The van der Waals surface area contributed by atoms with Gasteiger partial charge in [0.1, 0.15) is 0 Å². The van der Waals surface area contributed by atoms with Gasteiger partial charge in [-0.25, -0.2) is 0 Å². The number of aryl methyl sites for hydroxylation is 1. The summed E-state index contributed by atoms with van der Waals surface area (Å²) in [5.41, 5.74) is 2.31. The van der Waals surface area contributed by atoms with Crippen molar-refractivity contribution in [2.24, 2.45) is 7.05 Å². The molecule has 4 nitrogen and oxygen atoms in total. The van der Waals surface area contributed by atoms with E-state index in [2.05, 4.69) is 35.5 Å². The molecule has 1 saturated heterocycles. The standard InChI is InChI=1S/C14H19N3OS/c1-16(11-5-6-15-8-11)9-10-3-4-12-13(7-10)19-14(18)17(12)2/h3-4,7,11,15H,5-6,8-9H2,1-2H3. The van der Waals surface area contributed by atoms with Gasteiger partial charge in [-0.15, -0.1) is 0 Å². The number of nitrogens with one attached hydrogen (secondary N) is 1. The zero-order valence-corrected chi connectivity index (χ0v) is 12.2. The van der Waals surface area contributed by atoms with Crippen LogP contribution in [0.1, 0.15) is 12.0 Å². The Balaban J connectivity index is 1.83. The Bertz CT molecular complexity index is 640. The van der Waals surface area contributed by atoms with E-state index in [1.165, 1.54) is 23.3 Å². The molecule has 1 aliphatic heterocycles. The lowest BCUT2D eigenvalue weighted by atomic mass is 10.1. The van der Waals surface area contributed by atoms with Gasteiger partial charge < -0.3 is 9.88 Å². The fourth-order valence-electron chi connectivity index (χ4n) is 2.71. The summed E-state index contributed by atoms with van der Waals surface area (Å²) in [5, 5.41) is 3.40. The summed E-state index contributed by atoms with van der Waals surface area (Å²) in [7, 11) is 4.01. The van der Waals surface area contributed by atoms with Crippen LogP contribution in [0.4, 0.5) is 0 Å². The van der Waals surface area contributed by atoms with Crippen molar-refractivity contribution in [3.63, 3.8) is 0 Å². The maximum absolute atomic E-state index is 11.6. The number of likely N-dealkylation sites (N-methyl/N-ethyl adjacent to an activating group) is 1. The molecule has 2 aromatic rings. The van der Waals surface area contributed by atoms with Crippen LogP contribution in [0.15, 0.2) is 23.0 Å². The molecule has 0 amide bonds. The number of benzene rings is 1. The lowest BCUT2D eigenvalue weighted by Gasteiger charge is -2.23. The van der Waals surface area contributed by atoms with Gasteiger partial charge >= 0.3 is 4.87 Å². The van der Waals surface area contributed by atoms with E-state index >= 15 is 0 Å². The molecule has 102 valence electrons. The second-order valence-corrected chi connectivity index (χ2v) is 6.28. The molecule has 0 aliphatic carbocycles. The highest BCUT2D eigenvalue weighted by atomic mass is 32.1. The fraction of sp³-hybridized carbons (Fsp3) is 0.500. The van der Waals surface area contributed by atoms with Crippen LogP contribution >= 0.6 is 11.3 Å². The van der Waals surface area contributed by atoms with Crippen molar-refractivity contribution < 1.29 is 0 Å². The van der Waals surface area contributed by atoms with Gasteiger partial charge in [0.25, 0.3) is 0 Å². The number of hydrogen-bond acceptors (Lipinski definition) is 4. The van der Waals surface area contributed by atoms with Gasteiger partial charge in [0.2, 0.25) is 0 Å². The summed E-state index contributed by atoms with van der Waals surface area (Å²) in [5.74, 6) is 0. The summed E-state index contributed by atoms with van der Waals surface area (Å²) in [6.07, 6.45) is 1.22. The van der Waals surface area contributed by atoms with E-state index in [4.69, 9.17) is 0 Å². The van der Waals surface area contributed by atoms with Crippen molar-refractivity contribution >= 4 is 21.6 Å². The molecule has 5 heteroatoms. The van der Waals surface area contributed by atoms with Crippen LogP contribution in [-0.4, -0.2) is 35.6 Å². The van der Waals surface area contributed by atoms with E-state index in [0.29, 0.717) is 6.04 Å². The predicted octanol–water partition coefficient (Wildman–Crippen LogP) is 1.39. The van der Waals surface area contributed by atoms with Crippen LogP contribution in [0, 0.1) is 0 Å². The van der Waals surface area contributed by atoms with E-state index in [9.17, 15) is 4.79 Å². The number of fused-ring (bicyclic) bond motifs is 1. The summed E-state index contributed by atoms with van der Waals surface area (Å²) in [4.78, 5) is 14.2. The quantitative estimate of drug-likeness (QED) is 0.921. The fourth-order valence-corrected chi connectivity index (χ4v) is 3.65. The van der Waals surface area contributed by atoms with Gasteiger partial charge in [0.15, 0.2) is 0 Å². The van der Waals surface area contributed by atoms with Crippen molar-refractivity contribution in [2.75, 3.05) is 20.1 Å². The molecule has 1 N–H and O–H groups in total. The first-order valence-electron chi connectivity index (χ1n) is 6.64. The van der Waals surface area contributed by atoms with Gasteiger partial charge in [0, 0.05) is 26.2 Å². The first-order valence-corrected chi connectivity index (χ1v) is 7.46. The molecular weight excluding hydrogens is 258 g/mol. The third kappa shape index (κ3) is 2.45. The zero-order valence-electron chi connectivity index (χ0n) is 11.3. The van der Waals surface area contributed by atoms with Crippen molar-refractivity contribution in [3.05, 3.63) is 33.4 Å². The number of rotatable bonds is 3. The normalized spacial score (nSPS) is 19.6. The molecule has 0 bridgehead atoms. The Labute approximate surface area is 116 Å². The molecule has 2 heterocycles. The third-order valence-corrected chi connectivity index (χ3v) is 4.94. The Morgan fingerprint density at radius 2 is 2.37 bits per heavy atom. The molecule has 0 radical (unpaired) electrons. The van der Waals surface area contributed by atoms with E-state index < -0.39 is 0 Å². The Hall–Kier alpha value is -1.17. The second-order valence-electron chi connectivity index (χ2n) is 5.29. The van der Waals surface area contributed by atoms with E-state index in [1.54, 1.807) is 4.57 Å². The van der Waals surface area contributed by atoms with Crippen molar-refractivity contribution in [1.82, 2.24) is 14.8 Å². The minimum Gasteiger partial charge on any atom is -0.315 e. The molecule has 1 unspecified atom stereocenters. The molecule has 3 rings (SSSR count). The molecule has 1 fully saturated rings. The smallest absolute Gasteiger partial charge is 0.307 e. The first-order chi connectivity index (χ1) is 9.15. The van der Waals surface area contributed by atoms with E-state index in [-0.39, 0.29) is 4.87 Å². The SMILES string of the molecule is CN(Cc1ccc2c(c1)sc(=O)n2C)C1CCNC1. The Kier molecular flexibility index (Phi) is 3.43. The summed E-state index contributed by atoms with van der Waals surface area (Å²) in [6, 6.07) is 6.97. The predicted molar refractivity (Wildman–Crippen MR) is 79.8 cm³/mol. The van der Waals surface area contributed by atoms with Gasteiger partial charge in [0.05, 0.1) is 10.2 Å². The van der Waals surface area contributed by atoms with Gasteiger partial charge in [-0.2, -0.15) is 0 Å². The number of nitrogens with zero attached hydrogens (tertiary/aromatic N) is 2. The van der Waals surface area contributed by atoms with Gasteiger partial charge in [-0.1, -0.05) is 17.4 Å². The largest absolute Gasteiger partial charge is 0.315 e. The van der Waals surface area contributed by atoms with Crippen LogP contribution in [0.3, 0.4) is 0 Å². The minimum atomic E-state index is 0.112. The van der Waals surface area contributed by atoms with Gasteiger partial charge in [-0.3, -0.25) is 9.69 Å². The molecule has 1 atom stereocenters. The summed E-state index contributed by atoms with van der Waals surface area (Å²) < 4.78 is 2.80. The summed E-state index contributed by atoms with van der Waals surface area (Å²) >= 11 is 1.33. The number of hydrogen-bond donors (Lipinski definition) is 1. The van der Waals surface area contributed by atoms with Crippen LogP contribution in [0.25, 0.3) is 10.2 Å². The minimum absolute atomic E-state index is 0.112. The second kappa shape index (κ2) is 5.07. The topological polar surface area (TPSA) is 37.3 Å². The highest BCUT2D eigenvalue weighted by Crippen LogP contribution is 2.20. The zero-order chi connectivity index (χ0) is 13.4. The molecule has 0 spiro atoms. The van der Waals surface area contributed by atoms with Crippen molar-refractivity contribution in [3.8, 4) is 0 Å². The third-order valence-electron chi connectivity index (χ3n) is 3.95. The average Bonchev–Trinajstić information content (AvgIpc) is 2.99. The molecule has 0 saturated carbocycles. The Morgan fingerprint density at radius 3 is 3.11 bits per heavy atom. The maximum Gasteiger partial charge on any atom is 0.307 e. The average molecular weight is 277 g/mol.